The number of nitrogens with zero attached hydrogens (tertiary/aromatic N) is 1. The largest absolute Gasteiger partial charge is 0.261 e. The van der Waals surface area contributed by atoms with Gasteiger partial charge in [-0.1, -0.05) is 28.1 Å². The molecule has 1 heterocycles. The molecule has 0 N–H and O–H groups in total. The van der Waals surface area contributed by atoms with Gasteiger partial charge >= 0.3 is 0 Å². The Bertz CT molecular complexity index is 305. The molecule has 1 nitrogen and oxygen atoms in total. The summed E-state index contributed by atoms with van der Waals surface area (Å²) in [6.07, 6.45) is 7.24. The number of alkyl halides is 1. The zero-order valence-electron chi connectivity index (χ0n) is 8.05. The van der Waals surface area contributed by atoms with Crippen LogP contribution in [0.2, 0.25) is 0 Å². The molecule has 0 spiro atoms. The molecule has 0 saturated heterocycles. The highest BCUT2D eigenvalue weighted by Crippen LogP contribution is 2.08. The molecule has 0 bridgehead atoms. The molecule has 0 radical (unpaired) electrons. The molecule has 0 unspecified atom stereocenters. The van der Waals surface area contributed by atoms with Gasteiger partial charge in [0.15, 0.2) is 0 Å². The average molecular weight is 240 g/mol. The van der Waals surface area contributed by atoms with Gasteiger partial charge in [-0.15, -0.1) is 0 Å². The summed E-state index contributed by atoms with van der Waals surface area (Å²) < 4.78 is 0. The highest BCUT2D eigenvalue weighted by molar-refractivity contribution is 9.09. The predicted molar refractivity (Wildman–Crippen MR) is 61.2 cm³/mol. The molecule has 0 atom stereocenters. The second-order valence-corrected chi connectivity index (χ2v) is 3.84. The van der Waals surface area contributed by atoms with E-state index in [-0.39, 0.29) is 0 Å². The number of halogens is 1. The zero-order valence-corrected chi connectivity index (χ0v) is 9.63. The van der Waals surface area contributed by atoms with Gasteiger partial charge in [-0.2, -0.15) is 0 Å². The van der Waals surface area contributed by atoms with Crippen molar-refractivity contribution in [3.63, 3.8) is 0 Å². The van der Waals surface area contributed by atoms with Crippen molar-refractivity contribution in [2.24, 2.45) is 0 Å². The van der Waals surface area contributed by atoms with E-state index in [1.54, 1.807) is 0 Å². The van der Waals surface area contributed by atoms with Crippen LogP contribution in [-0.2, 0) is 0 Å². The minimum absolute atomic E-state index is 1.02. The third-order valence-corrected chi connectivity index (χ3v) is 2.41. The van der Waals surface area contributed by atoms with Crippen molar-refractivity contribution in [3.05, 3.63) is 35.2 Å². The van der Waals surface area contributed by atoms with Gasteiger partial charge in [0.1, 0.15) is 0 Å². The first-order chi connectivity index (χ1) is 6.24. The third-order valence-electron chi connectivity index (χ3n) is 1.95. The molecule has 13 heavy (non-hydrogen) atoms. The van der Waals surface area contributed by atoms with E-state index in [9.17, 15) is 0 Å². The van der Waals surface area contributed by atoms with E-state index >= 15 is 0 Å². The third kappa shape index (κ3) is 3.31. The molecule has 0 saturated carbocycles. The van der Waals surface area contributed by atoms with Crippen molar-refractivity contribution in [2.75, 3.05) is 5.33 Å². The summed E-state index contributed by atoms with van der Waals surface area (Å²) in [4.78, 5) is 4.29. The molecule has 1 rings (SSSR count). The molecule has 0 aliphatic carbocycles. The molecule has 0 aliphatic rings. The number of pyridine rings is 1. The van der Waals surface area contributed by atoms with Gasteiger partial charge in [-0.3, -0.25) is 4.98 Å². The van der Waals surface area contributed by atoms with Crippen LogP contribution in [-0.4, -0.2) is 10.3 Å². The van der Waals surface area contributed by atoms with E-state index in [0.29, 0.717) is 0 Å². The standard InChI is InChI=1S/C11H14BrN/c1-9-7-11(5-3-4-6-12)8-13-10(9)2/h3,5,7-8H,4,6H2,1-2H3/b5-3+. The lowest BCUT2D eigenvalue weighted by Crippen LogP contribution is -1.86. The Kier molecular flexibility index (Phi) is 4.16. The van der Waals surface area contributed by atoms with Crippen LogP contribution >= 0.6 is 15.9 Å². The van der Waals surface area contributed by atoms with Crippen LogP contribution in [0.3, 0.4) is 0 Å². The average Bonchev–Trinajstić information content (AvgIpc) is 2.12. The predicted octanol–water partition coefficient (Wildman–Crippen LogP) is 3.50. The van der Waals surface area contributed by atoms with Crippen molar-refractivity contribution in [3.8, 4) is 0 Å². The van der Waals surface area contributed by atoms with Crippen LogP contribution in [0.1, 0.15) is 23.2 Å². The quantitative estimate of drug-likeness (QED) is 0.737. The molecule has 0 aromatic carbocycles. The second kappa shape index (κ2) is 5.18. The lowest BCUT2D eigenvalue weighted by molar-refractivity contribution is 1.14. The summed E-state index contributed by atoms with van der Waals surface area (Å²) >= 11 is 3.38. The summed E-state index contributed by atoms with van der Waals surface area (Å²) in [5.41, 5.74) is 3.54. The van der Waals surface area contributed by atoms with Crippen LogP contribution in [0, 0.1) is 13.8 Å². The van der Waals surface area contributed by atoms with Gasteiger partial charge in [0.25, 0.3) is 0 Å². The van der Waals surface area contributed by atoms with Gasteiger partial charge in [0.2, 0.25) is 0 Å². The summed E-state index contributed by atoms with van der Waals surface area (Å²) in [5, 5.41) is 1.02. The van der Waals surface area contributed by atoms with Crippen molar-refractivity contribution in [1.29, 1.82) is 0 Å². The lowest BCUT2D eigenvalue weighted by atomic mass is 10.1. The maximum Gasteiger partial charge on any atom is 0.0402 e. The number of rotatable bonds is 3. The Labute approximate surface area is 88.0 Å². The van der Waals surface area contributed by atoms with Gasteiger partial charge in [-0.25, -0.2) is 0 Å². The zero-order chi connectivity index (χ0) is 9.68. The van der Waals surface area contributed by atoms with Crippen LogP contribution in [0.4, 0.5) is 0 Å². The highest BCUT2D eigenvalue weighted by Gasteiger charge is 1.93. The molecule has 0 fully saturated rings. The van der Waals surface area contributed by atoms with E-state index < -0.39 is 0 Å². The minimum atomic E-state index is 1.02. The molecule has 2 heteroatoms. The normalized spacial score (nSPS) is 11.0. The number of aryl methyl sites for hydroxylation is 2. The second-order valence-electron chi connectivity index (χ2n) is 3.05. The first-order valence-electron chi connectivity index (χ1n) is 4.40. The number of hydrogen-bond acceptors (Lipinski definition) is 1. The monoisotopic (exact) mass is 239 g/mol. The molecule has 0 amide bonds. The summed E-state index contributed by atoms with van der Waals surface area (Å²) in [5.74, 6) is 0. The fraction of sp³-hybridized carbons (Fsp3) is 0.364. The number of aromatic nitrogens is 1. The SMILES string of the molecule is Cc1cc(/C=C/CCBr)cnc1C. The van der Waals surface area contributed by atoms with Crippen molar-refractivity contribution in [2.45, 2.75) is 20.3 Å². The van der Waals surface area contributed by atoms with Crippen molar-refractivity contribution < 1.29 is 0 Å². The topological polar surface area (TPSA) is 12.9 Å². The summed E-state index contributed by atoms with van der Waals surface area (Å²) in [7, 11) is 0. The Morgan fingerprint density at radius 2 is 2.23 bits per heavy atom. The lowest BCUT2D eigenvalue weighted by Gasteiger charge is -1.99. The maximum atomic E-state index is 4.29. The first-order valence-corrected chi connectivity index (χ1v) is 5.52. The minimum Gasteiger partial charge on any atom is -0.261 e. The Morgan fingerprint density at radius 1 is 1.46 bits per heavy atom. The van der Waals surface area contributed by atoms with E-state index in [1.165, 1.54) is 11.1 Å². The van der Waals surface area contributed by atoms with E-state index in [4.69, 9.17) is 0 Å². The van der Waals surface area contributed by atoms with E-state index in [1.807, 2.05) is 13.1 Å². The smallest absolute Gasteiger partial charge is 0.0402 e. The number of allylic oxidation sites excluding steroid dienone is 1. The molecule has 70 valence electrons. The Hall–Kier alpha value is -0.630. The fourth-order valence-corrected chi connectivity index (χ4v) is 1.30. The molecular weight excluding hydrogens is 226 g/mol. The molecule has 1 aromatic heterocycles. The van der Waals surface area contributed by atoms with E-state index in [0.717, 1.165) is 17.4 Å². The Morgan fingerprint density at radius 3 is 2.85 bits per heavy atom. The summed E-state index contributed by atoms with van der Waals surface area (Å²) in [6.45, 7) is 4.12. The van der Waals surface area contributed by atoms with Crippen LogP contribution in [0.25, 0.3) is 6.08 Å². The van der Waals surface area contributed by atoms with Crippen LogP contribution in [0.15, 0.2) is 18.3 Å². The van der Waals surface area contributed by atoms with Crippen molar-refractivity contribution in [1.82, 2.24) is 4.98 Å². The molecule has 1 aromatic rings. The summed E-state index contributed by atoms with van der Waals surface area (Å²) in [6, 6.07) is 2.16. The van der Waals surface area contributed by atoms with Crippen LogP contribution in [0.5, 0.6) is 0 Å². The van der Waals surface area contributed by atoms with Gasteiger partial charge in [-0.05, 0) is 37.5 Å². The van der Waals surface area contributed by atoms with Gasteiger partial charge in [0, 0.05) is 17.2 Å². The van der Waals surface area contributed by atoms with E-state index in [2.05, 4.69) is 46.1 Å². The Balaban J connectivity index is 2.73. The molecular formula is C11H14BrN. The van der Waals surface area contributed by atoms with Crippen molar-refractivity contribution >= 4 is 22.0 Å². The fourth-order valence-electron chi connectivity index (χ4n) is 1.04. The highest BCUT2D eigenvalue weighted by atomic mass is 79.9. The number of hydrogen-bond donors (Lipinski definition) is 0. The molecule has 0 aliphatic heterocycles. The van der Waals surface area contributed by atoms with Crippen LogP contribution < -0.4 is 0 Å². The maximum absolute atomic E-state index is 4.29. The van der Waals surface area contributed by atoms with Gasteiger partial charge < -0.3 is 0 Å². The van der Waals surface area contributed by atoms with Gasteiger partial charge in [0.05, 0.1) is 0 Å². The first kappa shape index (κ1) is 10.5.